The van der Waals surface area contributed by atoms with Gasteiger partial charge in [0.15, 0.2) is 0 Å². The number of halogens is 2. The van der Waals surface area contributed by atoms with Gasteiger partial charge >= 0.3 is 0 Å². The second-order valence-corrected chi connectivity index (χ2v) is 7.58. The van der Waals surface area contributed by atoms with Crippen molar-refractivity contribution in [2.45, 2.75) is 64.3 Å². The molecule has 1 aromatic rings. The molecule has 0 radical (unpaired) electrons. The van der Waals surface area contributed by atoms with Gasteiger partial charge in [-0.2, -0.15) is 0 Å². The van der Waals surface area contributed by atoms with E-state index in [0.717, 1.165) is 38.2 Å². The standard InChI is InChI=1S/C20H26F2N2O2/c1-2-3-6-18(25)23-16-5-4-7-20(13-16)8-9-24(19(20)26)17-11-14(21)10-15(22)12-17/h10-12,16H,2-9,13H2,1H3,(H,23,25)/t16-,20-/m0/s1. The molecular weight excluding hydrogens is 338 g/mol. The summed E-state index contributed by atoms with van der Waals surface area (Å²) in [4.78, 5) is 26.6. The van der Waals surface area contributed by atoms with E-state index in [4.69, 9.17) is 0 Å². The number of nitrogens with zero attached hydrogens (tertiary/aromatic N) is 1. The topological polar surface area (TPSA) is 49.4 Å². The van der Waals surface area contributed by atoms with Gasteiger partial charge in [0, 0.05) is 30.8 Å². The Morgan fingerprint density at radius 2 is 2.00 bits per heavy atom. The number of anilines is 1. The smallest absolute Gasteiger partial charge is 0.233 e. The van der Waals surface area contributed by atoms with Gasteiger partial charge in [-0.25, -0.2) is 8.78 Å². The molecule has 26 heavy (non-hydrogen) atoms. The van der Waals surface area contributed by atoms with Crippen LogP contribution < -0.4 is 10.2 Å². The summed E-state index contributed by atoms with van der Waals surface area (Å²) < 4.78 is 27.0. The molecule has 1 spiro atoms. The van der Waals surface area contributed by atoms with Crippen LogP contribution >= 0.6 is 0 Å². The van der Waals surface area contributed by atoms with E-state index < -0.39 is 17.0 Å². The van der Waals surface area contributed by atoms with Crippen LogP contribution in [0.2, 0.25) is 0 Å². The minimum Gasteiger partial charge on any atom is -0.353 e. The van der Waals surface area contributed by atoms with E-state index in [0.29, 0.717) is 25.8 Å². The van der Waals surface area contributed by atoms with Crippen LogP contribution in [0.15, 0.2) is 18.2 Å². The molecule has 0 bridgehead atoms. The maximum absolute atomic E-state index is 13.5. The van der Waals surface area contributed by atoms with Crippen molar-refractivity contribution in [3.8, 4) is 0 Å². The van der Waals surface area contributed by atoms with Crippen molar-refractivity contribution < 1.29 is 18.4 Å². The summed E-state index contributed by atoms with van der Waals surface area (Å²) in [7, 11) is 0. The highest BCUT2D eigenvalue weighted by atomic mass is 19.1. The van der Waals surface area contributed by atoms with Crippen LogP contribution in [0.1, 0.15) is 58.3 Å². The zero-order valence-electron chi connectivity index (χ0n) is 15.2. The Labute approximate surface area is 152 Å². The second-order valence-electron chi connectivity index (χ2n) is 7.58. The van der Waals surface area contributed by atoms with Crippen LogP contribution in [0.4, 0.5) is 14.5 Å². The zero-order valence-corrected chi connectivity index (χ0v) is 15.2. The van der Waals surface area contributed by atoms with Crippen molar-refractivity contribution in [1.29, 1.82) is 0 Å². The van der Waals surface area contributed by atoms with Gasteiger partial charge < -0.3 is 10.2 Å². The van der Waals surface area contributed by atoms with E-state index in [1.165, 1.54) is 17.0 Å². The van der Waals surface area contributed by atoms with Crippen molar-refractivity contribution >= 4 is 17.5 Å². The van der Waals surface area contributed by atoms with E-state index >= 15 is 0 Å². The van der Waals surface area contributed by atoms with Crippen LogP contribution in [0.3, 0.4) is 0 Å². The first-order valence-corrected chi connectivity index (χ1v) is 9.51. The highest BCUT2D eigenvalue weighted by Crippen LogP contribution is 2.46. The van der Waals surface area contributed by atoms with E-state index in [1.54, 1.807) is 0 Å². The Hall–Kier alpha value is -1.98. The Bertz CT molecular complexity index is 674. The molecule has 1 saturated carbocycles. The highest BCUT2D eigenvalue weighted by Gasteiger charge is 2.49. The number of hydrogen-bond donors (Lipinski definition) is 1. The number of rotatable bonds is 5. The number of benzene rings is 1. The minimum absolute atomic E-state index is 0.00116. The van der Waals surface area contributed by atoms with E-state index in [-0.39, 0.29) is 23.5 Å². The van der Waals surface area contributed by atoms with Gasteiger partial charge in [-0.15, -0.1) is 0 Å². The molecule has 2 fully saturated rings. The zero-order chi connectivity index (χ0) is 18.7. The molecule has 2 atom stereocenters. The lowest BCUT2D eigenvalue weighted by Crippen LogP contribution is -2.45. The van der Waals surface area contributed by atoms with Crippen LogP contribution in [0, 0.1) is 17.0 Å². The second kappa shape index (κ2) is 7.72. The van der Waals surface area contributed by atoms with Gasteiger partial charge in [-0.05, 0) is 44.2 Å². The van der Waals surface area contributed by atoms with Crippen molar-refractivity contribution in [1.82, 2.24) is 5.32 Å². The molecule has 2 aliphatic rings. The molecule has 1 aliphatic carbocycles. The Balaban J connectivity index is 1.70. The highest BCUT2D eigenvalue weighted by molar-refractivity contribution is 6.00. The summed E-state index contributed by atoms with van der Waals surface area (Å²) in [6.07, 6.45) is 6.13. The Morgan fingerprint density at radius 3 is 2.69 bits per heavy atom. The Morgan fingerprint density at radius 1 is 1.27 bits per heavy atom. The lowest BCUT2D eigenvalue weighted by molar-refractivity contribution is -0.129. The van der Waals surface area contributed by atoms with Gasteiger partial charge in [-0.3, -0.25) is 9.59 Å². The third-order valence-electron chi connectivity index (χ3n) is 5.64. The molecule has 0 unspecified atom stereocenters. The van der Waals surface area contributed by atoms with Gasteiger partial charge in [0.05, 0.1) is 5.41 Å². The molecule has 1 N–H and O–H groups in total. The van der Waals surface area contributed by atoms with Crippen molar-refractivity contribution in [3.63, 3.8) is 0 Å². The van der Waals surface area contributed by atoms with E-state index in [2.05, 4.69) is 5.32 Å². The first kappa shape index (κ1) is 18.8. The lowest BCUT2D eigenvalue weighted by atomic mass is 9.71. The summed E-state index contributed by atoms with van der Waals surface area (Å²) in [5.74, 6) is -1.39. The van der Waals surface area contributed by atoms with Gasteiger partial charge in [-0.1, -0.05) is 19.8 Å². The van der Waals surface area contributed by atoms with Crippen LogP contribution in [-0.2, 0) is 9.59 Å². The summed E-state index contributed by atoms with van der Waals surface area (Å²) >= 11 is 0. The molecule has 6 heteroatoms. The summed E-state index contributed by atoms with van der Waals surface area (Å²) in [5.41, 5.74) is -0.248. The van der Waals surface area contributed by atoms with Crippen molar-refractivity contribution in [2.24, 2.45) is 5.41 Å². The van der Waals surface area contributed by atoms with Gasteiger partial charge in [0.25, 0.3) is 0 Å². The molecule has 1 saturated heterocycles. The number of carbonyl (C=O) groups excluding carboxylic acids is 2. The van der Waals surface area contributed by atoms with E-state index in [9.17, 15) is 18.4 Å². The first-order chi connectivity index (χ1) is 12.4. The summed E-state index contributed by atoms with van der Waals surface area (Å²) in [5, 5.41) is 3.07. The van der Waals surface area contributed by atoms with E-state index in [1.807, 2.05) is 6.92 Å². The minimum atomic E-state index is -0.682. The van der Waals surface area contributed by atoms with Crippen molar-refractivity contribution in [2.75, 3.05) is 11.4 Å². The maximum Gasteiger partial charge on any atom is 0.233 e. The van der Waals surface area contributed by atoms with Crippen LogP contribution in [-0.4, -0.2) is 24.4 Å². The SMILES string of the molecule is CCCCC(=O)N[C@H]1CCC[C@]2(CCN(c3cc(F)cc(F)c3)C2=O)C1. The molecule has 1 aliphatic heterocycles. The largest absolute Gasteiger partial charge is 0.353 e. The number of unbranched alkanes of at least 4 members (excludes halogenated alkanes) is 1. The average Bonchev–Trinajstić information content (AvgIpc) is 2.88. The summed E-state index contributed by atoms with van der Waals surface area (Å²) in [6, 6.07) is 3.21. The molecule has 3 rings (SSSR count). The molecular formula is C20H26F2N2O2. The predicted molar refractivity (Wildman–Crippen MR) is 95.7 cm³/mol. The molecule has 1 heterocycles. The fourth-order valence-electron chi connectivity index (χ4n) is 4.31. The lowest BCUT2D eigenvalue weighted by Gasteiger charge is -2.37. The van der Waals surface area contributed by atoms with Crippen LogP contribution in [0.5, 0.6) is 0 Å². The number of amides is 2. The summed E-state index contributed by atoms with van der Waals surface area (Å²) in [6.45, 7) is 2.50. The molecule has 0 aromatic heterocycles. The number of carbonyl (C=O) groups is 2. The fraction of sp³-hybridized carbons (Fsp3) is 0.600. The third-order valence-corrected chi connectivity index (χ3v) is 5.64. The van der Waals surface area contributed by atoms with Gasteiger partial charge in [0.1, 0.15) is 11.6 Å². The normalized spacial score (nSPS) is 25.7. The van der Waals surface area contributed by atoms with Crippen LogP contribution in [0.25, 0.3) is 0 Å². The fourth-order valence-corrected chi connectivity index (χ4v) is 4.31. The molecule has 142 valence electrons. The Kier molecular flexibility index (Phi) is 5.58. The molecule has 1 aromatic carbocycles. The van der Waals surface area contributed by atoms with Gasteiger partial charge in [0.2, 0.25) is 11.8 Å². The monoisotopic (exact) mass is 364 g/mol. The first-order valence-electron chi connectivity index (χ1n) is 9.51. The van der Waals surface area contributed by atoms with Crippen molar-refractivity contribution in [3.05, 3.63) is 29.8 Å². The molecule has 2 amide bonds. The molecule has 4 nitrogen and oxygen atoms in total. The average molecular weight is 364 g/mol. The predicted octanol–water partition coefficient (Wildman–Crippen LogP) is 3.94. The third kappa shape index (κ3) is 3.89. The number of nitrogens with one attached hydrogen (secondary N) is 1. The quantitative estimate of drug-likeness (QED) is 0.860. The number of hydrogen-bond acceptors (Lipinski definition) is 2. The maximum atomic E-state index is 13.5.